The van der Waals surface area contributed by atoms with Crippen LogP contribution in [-0.4, -0.2) is 62.7 Å². The van der Waals surface area contributed by atoms with Gasteiger partial charge >= 0.3 is 0 Å². The number of nitrogens with zero attached hydrogens (tertiary/aromatic N) is 2. The van der Waals surface area contributed by atoms with Crippen molar-refractivity contribution in [2.75, 3.05) is 52.9 Å². The first-order valence-corrected chi connectivity index (χ1v) is 4.55. The van der Waals surface area contributed by atoms with Crippen molar-refractivity contribution < 1.29 is 9.47 Å². The highest BCUT2D eigenvalue weighted by Gasteiger charge is 2.17. The topological polar surface area (TPSA) is 24.5 Å². The van der Waals surface area contributed by atoms with Crippen LogP contribution in [0, 0.1) is 0 Å². The van der Waals surface area contributed by atoms with Gasteiger partial charge in [0.1, 0.15) is 0 Å². The Balaban J connectivity index is 1.31. The van der Waals surface area contributed by atoms with Crippen LogP contribution in [-0.2, 0) is 9.47 Å². The molecule has 2 aliphatic heterocycles. The average molecular weight is 172 g/mol. The molecule has 0 aromatic rings. The van der Waals surface area contributed by atoms with Crippen LogP contribution in [0.4, 0.5) is 0 Å². The summed E-state index contributed by atoms with van der Waals surface area (Å²) in [7, 11) is 0. The van der Waals surface area contributed by atoms with Crippen LogP contribution in [0.3, 0.4) is 0 Å². The number of rotatable bonds is 7. The highest BCUT2D eigenvalue weighted by atomic mass is 16.5. The summed E-state index contributed by atoms with van der Waals surface area (Å²) in [5.41, 5.74) is 0. The fraction of sp³-hybridized carbons (Fsp3) is 1.00. The van der Waals surface area contributed by atoms with Crippen LogP contribution in [0.15, 0.2) is 0 Å². The molecule has 4 heteroatoms. The van der Waals surface area contributed by atoms with Crippen molar-refractivity contribution in [3.05, 3.63) is 0 Å². The lowest BCUT2D eigenvalue weighted by Gasteiger charge is -2.05. The van der Waals surface area contributed by atoms with E-state index in [0.29, 0.717) is 0 Å². The third kappa shape index (κ3) is 3.49. The molecule has 12 heavy (non-hydrogen) atoms. The molecule has 2 rings (SSSR count). The smallest absolute Gasteiger partial charge is 0.0992 e. The molecule has 2 heterocycles. The normalized spacial score (nSPS) is 23.0. The van der Waals surface area contributed by atoms with Crippen molar-refractivity contribution >= 4 is 0 Å². The Labute approximate surface area is 73.0 Å². The maximum absolute atomic E-state index is 5.34. The van der Waals surface area contributed by atoms with E-state index >= 15 is 0 Å². The van der Waals surface area contributed by atoms with E-state index in [1.807, 2.05) is 0 Å². The summed E-state index contributed by atoms with van der Waals surface area (Å²) in [5, 5.41) is 0. The van der Waals surface area contributed by atoms with Gasteiger partial charge in [-0.1, -0.05) is 0 Å². The zero-order valence-electron chi connectivity index (χ0n) is 7.37. The Hall–Kier alpha value is -0.160. The second kappa shape index (κ2) is 4.18. The van der Waals surface area contributed by atoms with Gasteiger partial charge in [-0.15, -0.1) is 0 Å². The number of hydrogen-bond donors (Lipinski definition) is 0. The van der Waals surface area contributed by atoms with Crippen molar-refractivity contribution in [3.8, 4) is 0 Å². The molecule has 0 aromatic heterocycles. The molecule has 0 amide bonds. The molecule has 0 atom stereocenters. The molecule has 0 saturated carbocycles. The molecule has 2 aliphatic rings. The van der Waals surface area contributed by atoms with E-state index in [-0.39, 0.29) is 0 Å². The van der Waals surface area contributed by atoms with E-state index in [2.05, 4.69) is 9.80 Å². The van der Waals surface area contributed by atoms with Crippen molar-refractivity contribution in [1.82, 2.24) is 9.80 Å². The van der Waals surface area contributed by atoms with Gasteiger partial charge in [-0.3, -0.25) is 9.80 Å². The third-order valence-corrected chi connectivity index (χ3v) is 2.00. The van der Waals surface area contributed by atoms with Crippen LogP contribution < -0.4 is 0 Å². The zero-order valence-corrected chi connectivity index (χ0v) is 7.37. The van der Waals surface area contributed by atoms with Crippen molar-refractivity contribution in [3.63, 3.8) is 0 Å². The van der Waals surface area contributed by atoms with E-state index in [1.165, 1.54) is 26.2 Å². The molecule has 4 nitrogen and oxygen atoms in total. The first-order valence-electron chi connectivity index (χ1n) is 4.55. The maximum atomic E-state index is 5.34. The van der Waals surface area contributed by atoms with Crippen molar-refractivity contribution in [2.24, 2.45) is 0 Å². The first-order chi connectivity index (χ1) is 5.95. The van der Waals surface area contributed by atoms with Gasteiger partial charge in [-0.05, 0) is 0 Å². The van der Waals surface area contributed by atoms with Gasteiger partial charge in [0.15, 0.2) is 0 Å². The quantitative estimate of drug-likeness (QED) is 0.384. The fourth-order valence-corrected chi connectivity index (χ4v) is 0.905. The summed E-state index contributed by atoms with van der Waals surface area (Å²) in [6, 6.07) is 0. The molecule has 2 saturated heterocycles. The van der Waals surface area contributed by atoms with Crippen LogP contribution in [0.1, 0.15) is 0 Å². The van der Waals surface area contributed by atoms with E-state index in [9.17, 15) is 0 Å². The molecule has 2 fully saturated rings. The predicted octanol–water partition coefficient (Wildman–Crippen LogP) is -0.434. The summed E-state index contributed by atoms with van der Waals surface area (Å²) in [4.78, 5) is 4.48. The zero-order chi connectivity index (χ0) is 8.23. The molecule has 0 spiro atoms. The Kier molecular flexibility index (Phi) is 2.94. The monoisotopic (exact) mass is 172 g/mol. The van der Waals surface area contributed by atoms with Gasteiger partial charge in [0.05, 0.1) is 26.7 Å². The SMILES string of the molecule is C(COCN1CC1)OCN1CC1. The van der Waals surface area contributed by atoms with Gasteiger partial charge < -0.3 is 9.47 Å². The highest BCUT2D eigenvalue weighted by molar-refractivity contribution is 4.68. The minimum absolute atomic E-state index is 0.727. The molecule has 0 aromatic carbocycles. The van der Waals surface area contributed by atoms with E-state index < -0.39 is 0 Å². The van der Waals surface area contributed by atoms with Gasteiger partial charge in [-0.25, -0.2) is 0 Å². The van der Waals surface area contributed by atoms with Gasteiger partial charge in [0.2, 0.25) is 0 Å². The molecule has 0 bridgehead atoms. The molecule has 0 unspecified atom stereocenters. The molecule has 0 aliphatic carbocycles. The van der Waals surface area contributed by atoms with Crippen LogP contribution >= 0.6 is 0 Å². The maximum Gasteiger partial charge on any atom is 0.0992 e. The third-order valence-electron chi connectivity index (χ3n) is 2.00. The lowest BCUT2D eigenvalue weighted by Crippen LogP contribution is -2.12. The van der Waals surface area contributed by atoms with E-state index in [1.54, 1.807) is 0 Å². The summed E-state index contributed by atoms with van der Waals surface area (Å²) >= 11 is 0. The van der Waals surface area contributed by atoms with Crippen LogP contribution in [0.2, 0.25) is 0 Å². The molecular formula is C8H16N2O2. The standard InChI is InChI=1S/C8H16N2O2/c1-2-9(1)7-11-5-6-12-8-10-3-4-10/h1-8H2. The molecule has 70 valence electrons. The minimum atomic E-state index is 0.727. The average Bonchev–Trinajstić information content (AvgIpc) is 2.89. The van der Waals surface area contributed by atoms with Gasteiger partial charge in [0.25, 0.3) is 0 Å². The molecule has 0 radical (unpaired) electrons. The van der Waals surface area contributed by atoms with Crippen LogP contribution in [0.25, 0.3) is 0 Å². The first kappa shape index (κ1) is 8.44. The second-order valence-corrected chi connectivity index (χ2v) is 3.31. The molecular weight excluding hydrogens is 156 g/mol. The van der Waals surface area contributed by atoms with Crippen LogP contribution in [0.5, 0.6) is 0 Å². The summed E-state index contributed by atoms with van der Waals surface area (Å²) in [5.74, 6) is 0. The summed E-state index contributed by atoms with van der Waals surface area (Å²) < 4.78 is 10.7. The Bertz CT molecular complexity index is 119. The van der Waals surface area contributed by atoms with Crippen molar-refractivity contribution in [1.29, 1.82) is 0 Å². The van der Waals surface area contributed by atoms with E-state index in [4.69, 9.17) is 9.47 Å². The molecule has 0 N–H and O–H groups in total. The lowest BCUT2D eigenvalue weighted by atomic mass is 10.8. The number of ether oxygens (including phenoxy) is 2. The predicted molar refractivity (Wildman–Crippen MR) is 44.8 cm³/mol. The summed E-state index contributed by atoms with van der Waals surface area (Å²) in [6.45, 7) is 7.83. The summed E-state index contributed by atoms with van der Waals surface area (Å²) in [6.07, 6.45) is 0. The fourth-order valence-electron chi connectivity index (χ4n) is 0.905. The van der Waals surface area contributed by atoms with Crippen molar-refractivity contribution in [2.45, 2.75) is 0 Å². The largest absolute Gasteiger partial charge is 0.364 e. The Morgan fingerprint density at radius 3 is 1.50 bits per heavy atom. The Morgan fingerprint density at radius 1 is 0.750 bits per heavy atom. The van der Waals surface area contributed by atoms with E-state index in [0.717, 1.165) is 26.7 Å². The Morgan fingerprint density at radius 2 is 1.17 bits per heavy atom. The highest BCUT2D eigenvalue weighted by Crippen LogP contribution is 2.03. The number of hydrogen-bond acceptors (Lipinski definition) is 4. The van der Waals surface area contributed by atoms with Gasteiger partial charge in [-0.2, -0.15) is 0 Å². The minimum Gasteiger partial charge on any atom is -0.364 e. The lowest BCUT2D eigenvalue weighted by molar-refractivity contribution is 0.00720. The van der Waals surface area contributed by atoms with Gasteiger partial charge in [0, 0.05) is 26.2 Å². The second-order valence-electron chi connectivity index (χ2n) is 3.31.